The topological polar surface area (TPSA) is 34.6 Å². The molecule has 0 N–H and O–H groups in total. The summed E-state index contributed by atoms with van der Waals surface area (Å²) >= 11 is 0. The SMILES string of the molecule is CC(=N\n1c(C)ccc1C)/C(C)=N/n1c(C)cc(C)c1C. The number of rotatable bonds is 3. The summed E-state index contributed by atoms with van der Waals surface area (Å²) in [5, 5.41) is 9.38. The summed E-state index contributed by atoms with van der Waals surface area (Å²) in [6, 6.07) is 6.29. The van der Waals surface area contributed by atoms with Crippen molar-refractivity contribution >= 4 is 11.4 Å². The average molecular weight is 284 g/mol. The molecule has 0 aliphatic rings. The van der Waals surface area contributed by atoms with E-state index < -0.39 is 0 Å². The Balaban J connectivity index is 2.39. The van der Waals surface area contributed by atoms with Crippen molar-refractivity contribution in [3.63, 3.8) is 0 Å². The van der Waals surface area contributed by atoms with Crippen molar-refractivity contribution in [2.45, 2.75) is 48.5 Å². The molecule has 0 radical (unpaired) electrons. The van der Waals surface area contributed by atoms with Crippen LogP contribution >= 0.6 is 0 Å². The molecule has 0 aliphatic heterocycles. The van der Waals surface area contributed by atoms with Gasteiger partial charge in [0.05, 0.1) is 11.4 Å². The van der Waals surface area contributed by atoms with E-state index in [1.807, 2.05) is 23.2 Å². The molecule has 2 aromatic rings. The lowest BCUT2D eigenvalue weighted by Gasteiger charge is -2.07. The summed E-state index contributed by atoms with van der Waals surface area (Å²) in [6.45, 7) is 14.4. The minimum Gasteiger partial charge on any atom is -0.242 e. The summed E-state index contributed by atoms with van der Waals surface area (Å²) in [5.74, 6) is 0. The quantitative estimate of drug-likeness (QED) is 0.764. The Kier molecular flexibility index (Phi) is 4.16. The van der Waals surface area contributed by atoms with Crippen molar-refractivity contribution in [1.82, 2.24) is 9.35 Å². The van der Waals surface area contributed by atoms with Gasteiger partial charge in [-0.1, -0.05) is 0 Å². The molecular weight excluding hydrogens is 260 g/mol. The van der Waals surface area contributed by atoms with Gasteiger partial charge in [-0.25, -0.2) is 9.35 Å². The van der Waals surface area contributed by atoms with E-state index >= 15 is 0 Å². The molecule has 0 spiro atoms. The molecule has 2 rings (SSSR count). The van der Waals surface area contributed by atoms with Crippen LogP contribution in [0, 0.1) is 34.6 Å². The third kappa shape index (κ3) is 2.99. The van der Waals surface area contributed by atoms with Crippen LogP contribution in [0.3, 0.4) is 0 Å². The van der Waals surface area contributed by atoms with E-state index in [0.717, 1.165) is 28.5 Å². The van der Waals surface area contributed by atoms with E-state index in [2.05, 4.69) is 57.9 Å². The van der Waals surface area contributed by atoms with Crippen LogP contribution in [0.1, 0.15) is 42.2 Å². The number of hydrogen-bond donors (Lipinski definition) is 0. The molecule has 0 aliphatic carbocycles. The largest absolute Gasteiger partial charge is 0.242 e. The van der Waals surface area contributed by atoms with Gasteiger partial charge in [-0.05, 0) is 72.2 Å². The fourth-order valence-corrected chi connectivity index (χ4v) is 2.33. The van der Waals surface area contributed by atoms with Gasteiger partial charge in [-0.3, -0.25) is 0 Å². The van der Waals surface area contributed by atoms with Gasteiger partial charge in [0, 0.05) is 22.8 Å². The second-order valence-electron chi connectivity index (χ2n) is 5.66. The minimum atomic E-state index is 0.919. The molecule has 21 heavy (non-hydrogen) atoms. The van der Waals surface area contributed by atoms with Crippen molar-refractivity contribution in [3.8, 4) is 0 Å². The normalized spacial score (nSPS) is 13.1. The number of aryl methyl sites for hydroxylation is 4. The summed E-state index contributed by atoms with van der Waals surface area (Å²) in [7, 11) is 0. The third-order valence-corrected chi connectivity index (χ3v) is 3.91. The Morgan fingerprint density at radius 1 is 0.762 bits per heavy atom. The maximum Gasteiger partial charge on any atom is 0.0812 e. The van der Waals surface area contributed by atoms with Crippen LogP contribution in [-0.4, -0.2) is 20.8 Å². The highest BCUT2D eigenvalue weighted by molar-refractivity contribution is 6.40. The monoisotopic (exact) mass is 284 g/mol. The summed E-state index contributed by atoms with van der Waals surface area (Å²) in [5.41, 5.74) is 7.67. The van der Waals surface area contributed by atoms with Gasteiger partial charge in [-0.2, -0.15) is 10.2 Å². The van der Waals surface area contributed by atoms with Crippen LogP contribution < -0.4 is 0 Å². The first kappa shape index (κ1) is 15.3. The van der Waals surface area contributed by atoms with Crippen LogP contribution in [0.5, 0.6) is 0 Å². The fourth-order valence-electron chi connectivity index (χ4n) is 2.33. The summed E-state index contributed by atoms with van der Waals surface area (Å²) in [4.78, 5) is 0. The van der Waals surface area contributed by atoms with Crippen LogP contribution in [0.4, 0.5) is 0 Å². The lowest BCUT2D eigenvalue weighted by Crippen LogP contribution is -2.12. The van der Waals surface area contributed by atoms with E-state index in [0.29, 0.717) is 0 Å². The molecule has 112 valence electrons. The standard InChI is InChI=1S/C17H24N4/c1-11-10-14(4)21(17(11)7)19-16(6)15(5)18-20-12(2)8-9-13(20)3/h8-10H,1-7H3/b18-15+,19-16+. The maximum atomic E-state index is 4.71. The van der Waals surface area contributed by atoms with E-state index in [1.54, 1.807) is 0 Å². The number of nitrogens with zero attached hydrogens (tertiary/aromatic N) is 4. The highest BCUT2D eigenvalue weighted by Gasteiger charge is 2.07. The van der Waals surface area contributed by atoms with Gasteiger partial charge in [0.1, 0.15) is 0 Å². The highest BCUT2D eigenvalue weighted by atomic mass is 15.4. The molecule has 2 aromatic heterocycles. The second-order valence-corrected chi connectivity index (χ2v) is 5.66. The van der Waals surface area contributed by atoms with Crippen molar-refractivity contribution in [1.29, 1.82) is 0 Å². The van der Waals surface area contributed by atoms with Gasteiger partial charge in [0.15, 0.2) is 0 Å². The Morgan fingerprint density at radius 3 is 1.67 bits per heavy atom. The van der Waals surface area contributed by atoms with E-state index in [9.17, 15) is 0 Å². The molecule has 4 nitrogen and oxygen atoms in total. The zero-order valence-corrected chi connectivity index (χ0v) is 14.0. The second kappa shape index (κ2) is 5.72. The molecule has 4 heteroatoms. The highest BCUT2D eigenvalue weighted by Crippen LogP contribution is 2.13. The van der Waals surface area contributed by atoms with Gasteiger partial charge < -0.3 is 0 Å². The summed E-state index contributed by atoms with van der Waals surface area (Å²) in [6.07, 6.45) is 0. The predicted octanol–water partition coefficient (Wildman–Crippen LogP) is 3.98. The van der Waals surface area contributed by atoms with E-state index in [1.165, 1.54) is 11.3 Å². The minimum absolute atomic E-state index is 0.919. The molecule has 0 aromatic carbocycles. The van der Waals surface area contributed by atoms with Crippen LogP contribution in [-0.2, 0) is 0 Å². The van der Waals surface area contributed by atoms with Gasteiger partial charge >= 0.3 is 0 Å². The molecule has 0 amide bonds. The smallest absolute Gasteiger partial charge is 0.0812 e. The first-order valence-electron chi connectivity index (χ1n) is 7.23. The molecule has 0 fully saturated rings. The van der Waals surface area contributed by atoms with Crippen LogP contribution in [0.2, 0.25) is 0 Å². The van der Waals surface area contributed by atoms with Crippen LogP contribution in [0.15, 0.2) is 28.4 Å². The molecule has 0 saturated heterocycles. The summed E-state index contributed by atoms with van der Waals surface area (Å²) < 4.78 is 3.94. The Morgan fingerprint density at radius 2 is 1.24 bits per heavy atom. The molecule has 0 unspecified atom stereocenters. The Labute approximate surface area is 126 Å². The van der Waals surface area contributed by atoms with Crippen molar-refractivity contribution in [2.24, 2.45) is 10.2 Å². The fraction of sp³-hybridized carbons (Fsp3) is 0.412. The van der Waals surface area contributed by atoms with Crippen molar-refractivity contribution in [2.75, 3.05) is 0 Å². The molecule has 0 saturated carbocycles. The maximum absolute atomic E-state index is 4.71. The van der Waals surface area contributed by atoms with Crippen LogP contribution in [0.25, 0.3) is 0 Å². The lowest BCUT2D eigenvalue weighted by molar-refractivity contribution is 0.803. The lowest BCUT2D eigenvalue weighted by atomic mass is 10.3. The number of aromatic nitrogens is 2. The van der Waals surface area contributed by atoms with Gasteiger partial charge in [-0.15, -0.1) is 0 Å². The molecule has 0 bridgehead atoms. The Bertz CT molecular complexity index is 707. The number of hydrogen-bond acceptors (Lipinski definition) is 2. The third-order valence-electron chi connectivity index (χ3n) is 3.91. The van der Waals surface area contributed by atoms with Crippen molar-refractivity contribution < 1.29 is 0 Å². The van der Waals surface area contributed by atoms with E-state index in [4.69, 9.17) is 5.10 Å². The van der Waals surface area contributed by atoms with Gasteiger partial charge in [0.25, 0.3) is 0 Å². The van der Waals surface area contributed by atoms with Crippen molar-refractivity contribution in [3.05, 3.63) is 46.5 Å². The molecular formula is C17H24N4. The Hall–Kier alpha value is -2.10. The zero-order chi connectivity index (χ0) is 15.7. The first-order valence-corrected chi connectivity index (χ1v) is 7.23. The average Bonchev–Trinajstić information content (AvgIpc) is 2.86. The first-order chi connectivity index (χ1) is 9.81. The molecule has 2 heterocycles. The zero-order valence-electron chi connectivity index (χ0n) is 14.0. The van der Waals surface area contributed by atoms with E-state index in [-0.39, 0.29) is 0 Å². The van der Waals surface area contributed by atoms with Gasteiger partial charge in [0.2, 0.25) is 0 Å². The predicted molar refractivity (Wildman–Crippen MR) is 89.6 cm³/mol. The molecule has 0 atom stereocenters.